The minimum atomic E-state index is -0.510. The zero-order chi connectivity index (χ0) is 33.8. The van der Waals surface area contributed by atoms with E-state index in [1.165, 1.54) is 18.1 Å². The molecule has 4 aromatic rings. The lowest BCUT2D eigenvalue weighted by Crippen LogP contribution is -2.52. The third-order valence-electron chi connectivity index (χ3n) is 9.10. The summed E-state index contributed by atoms with van der Waals surface area (Å²) in [5.41, 5.74) is 4.03. The molecule has 2 aliphatic heterocycles. The molecule has 0 amide bonds. The van der Waals surface area contributed by atoms with E-state index < -0.39 is 4.92 Å². The van der Waals surface area contributed by atoms with Crippen LogP contribution in [0, 0.1) is 10.1 Å². The van der Waals surface area contributed by atoms with Crippen LogP contribution in [-0.4, -0.2) is 112 Å². The Hall–Kier alpha value is -4.54. The Labute approximate surface area is 284 Å². The van der Waals surface area contributed by atoms with Crippen molar-refractivity contribution < 1.29 is 9.66 Å². The molecule has 16 heteroatoms. The van der Waals surface area contributed by atoms with Gasteiger partial charge in [-0.2, -0.15) is 9.97 Å². The van der Waals surface area contributed by atoms with Crippen molar-refractivity contribution in [1.82, 2.24) is 34.7 Å². The fourth-order valence-corrected chi connectivity index (χ4v) is 6.75. The van der Waals surface area contributed by atoms with E-state index in [1.54, 1.807) is 19.5 Å². The number of methoxy groups -OCH3 is 1. The Bertz CT molecular complexity index is 1760. The molecule has 0 saturated carbocycles. The molecule has 0 unspecified atom stereocenters. The smallest absolute Gasteiger partial charge is 0.329 e. The normalized spacial score (nSPS) is 16.2. The van der Waals surface area contributed by atoms with Crippen LogP contribution in [0.2, 0.25) is 0 Å². The van der Waals surface area contributed by atoms with Gasteiger partial charge >= 0.3 is 5.69 Å². The number of nitrogens with zero attached hydrogens (tertiary/aromatic N) is 10. The van der Waals surface area contributed by atoms with Gasteiger partial charge in [0.15, 0.2) is 0 Å². The zero-order valence-electron chi connectivity index (χ0n) is 28.0. The number of rotatable bonds is 11. The van der Waals surface area contributed by atoms with Crippen molar-refractivity contribution in [1.29, 1.82) is 0 Å². The molecular weight excluding hydrogens is 632 g/mol. The van der Waals surface area contributed by atoms with E-state index in [9.17, 15) is 10.1 Å². The van der Waals surface area contributed by atoms with Crippen LogP contribution in [0.4, 0.5) is 40.3 Å². The number of piperidine rings is 1. The van der Waals surface area contributed by atoms with Crippen molar-refractivity contribution in [2.45, 2.75) is 32.2 Å². The second-order valence-corrected chi connectivity index (χ2v) is 12.9. The SMILES string of the molecule is CCc1cc(Nc2ncc([N+](=O)[O-])c(Nc3ccc4nccnc4c3N(C)SC)n2)c(OC)nc1N1CCC(N2CCN(C)CC2)CC1. The van der Waals surface area contributed by atoms with Gasteiger partial charge in [-0.25, -0.2) is 4.98 Å². The Balaban J connectivity index is 1.26. The van der Waals surface area contributed by atoms with Crippen molar-refractivity contribution in [3.05, 3.63) is 52.5 Å². The minimum absolute atomic E-state index is 0.0268. The number of nitro groups is 1. The van der Waals surface area contributed by atoms with Gasteiger partial charge in [0.25, 0.3) is 0 Å². The number of anilines is 6. The molecule has 15 nitrogen and oxygen atoms in total. The van der Waals surface area contributed by atoms with E-state index in [-0.39, 0.29) is 17.5 Å². The molecule has 2 fully saturated rings. The number of fused-ring (bicyclic) bond motifs is 1. The molecule has 48 heavy (non-hydrogen) atoms. The number of aryl methyl sites for hydroxylation is 1. The Morgan fingerprint density at radius 1 is 1.04 bits per heavy atom. The highest BCUT2D eigenvalue weighted by atomic mass is 32.2. The Kier molecular flexibility index (Phi) is 10.2. The van der Waals surface area contributed by atoms with E-state index in [4.69, 9.17) is 9.72 Å². The second kappa shape index (κ2) is 14.7. The topological polar surface area (TPSA) is 154 Å². The number of aromatic nitrogens is 5. The predicted octanol–water partition coefficient (Wildman–Crippen LogP) is 4.71. The average molecular weight is 675 g/mol. The zero-order valence-corrected chi connectivity index (χ0v) is 28.8. The number of hydrogen-bond donors (Lipinski definition) is 2. The average Bonchev–Trinajstić information content (AvgIpc) is 3.11. The van der Waals surface area contributed by atoms with Crippen LogP contribution in [0.1, 0.15) is 25.3 Å². The summed E-state index contributed by atoms with van der Waals surface area (Å²) in [7, 11) is 5.67. The lowest BCUT2D eigenvalue weighted by molar-refractivity contribution is -0.384. The largest absolute Gasteiger partial charge is 0.479 e. The first-order valence-corrected chi connectivity index (χ1v) is 17.3. The number of ether oxygens (including phenoxy) is 1. The van der Waals surface area contributed by atoms with Gasteiger partial charge in [-0.05, 0) is 50.1 Å². The van der Waals surface area contributed by atoms with Gasteiger partial charge in [0.1, 0.15) is 23.2 Å². The summed E-state index contributed by atoms with van der Waals surface area (Å²) < 4.78 is 7.67. The van der Waals surface area contributed by atoms with Crippen LogP contribution in [0.5, 0.6) is 5.88 Å². The Morgan fingerprint density at radius 2 is 1.79 bits per heavy atom. The minimum Gasteiger partial charge on any atom is -0.479 e. The molecule has 3 aromatic heterocycles. The van der Waals surface area contributed by atoms with E-state index in [1.807, 2.05) is 35.8 Å². The second-order valence-electron chi connectivity index (χ2n) is 11.9. The first-order valence-electron chi connectivity index (χ1n) is 16.1. The van der Waals surface area contributed by atoms with Gasteiger partial charge in [-0.1, -0.05) is 18.9 Å². The summed E-state index contributed by atoms with van der Waals surface area (Å²) in [6.45, 7) is 8.47. The van der Waals surface area contributed by atoms with Crippen molar-refractivity contribution in [2.24, 2.45) is 0 Å². The number of piperazine rings is 1. The summed E-state index contributed by atoms with van der Waals surface area (Å²) in [4.78, 5) is 41.7. The van der Waals surface area contributed by atoms with Gasteiger partial charge in [0, 0.05) is 71.0 Å². The van der Waals surface area contributed by atoms with Crippen LogP contribution in [0.15, 0.2) is 36.8 Å². The molecule has 254 valence electrons. The predicted molar refractivity (Wildman–Crippen MR) is 191 cm³/mol. The first kappa shape index (κ1) is 33.4. The maximum Gasteiger partial charge on any atom is 0.329 e. The van der Waals surface area contributed by atoms with E-state index in [2.05, 4.69) is 59.2 Å². The fourth-order valence-electron chi connectivity index (χ4n) is 6.38. The highest BCUT2D eigenvalue weighted by Gasteiger charge is 2.29. The number of hydrogen-bond acceptors (Lipinski definition) is 15. The summed E-state index contributed by atoms with van der Waals surface area (Å²) in [6, 6.07) is 6.24. The highest BCUT2D eigenvalue weighted by molar-refractivity contribution is 7.99. The lowest BCUT2D eigenvalue weighted by Gasteiger charge is -2.42. The van der Waals surface area contributed by atoms with Gasteiger partial charge in [0.2, 0.25) is 17.6 Å². The van der Waals surface area contributed by atoms with Crippen molar-refractivity contribution in [3.63, 3.8) is 0 Å². The highest BCUT2D eigenvalue weighted by Crippen LogP contribution is 2.39. The molecule has 0 bridgehead atoms. The fraction of sp³-hybridized carbons (Fsp3) is 0.469. The monoisotopic (exact) mass is 674 g/mol. The molecule has 0 aliphatic carbocycles. The van der Waals surface area contributed by atoms with Crippen LogP contribution >= 0.6 is 11.9 Å². The molecule has 6 rings (SSSR count). The van der Waals surface area contributed by atoms with Gasteiger partial charge in [-0.15, -0.1) is 0 Å². The number of likely N-dealkylation sites (N-methyl/N-ethyl adjacent to an activating group) is 1. The molecule has 0 radical (unpaired) electrons. The summed E-state index contributed by atoms with van der Waals surface area (Å²) in [6.07, 6.45) is 9.33. The summed E-state index contributed by atoms with van der Waals surface area (Å²) in [5.74, 6) is 1.51. The van der Waals surface area contributed by atoms with Crippen molar-refractivity contribution in [3.8, 4) is 5.88 Å². The third kappa shape index (κ3) is 7.00. The number of pyridine rings is 1. The van der Waals surface area contributed by atoms with Crippen LogP contribution < -0.4 is 24.6 Å². The van der Waals surface area contributed by atoms with Crippen LogP contribution in [0.25, 0.3) is 11.0 Å². The molecule has 2 aliphatic rings. The van der Waals surface area contributed by atoms with Crippen LogP contribution in [-0.2, 0) is 6.42 Å². The lowest BCUT2D eigenvalue weighted by atomic mass is 10.0. The van der Waals surface area contributed by atoms with Crippen molar-refractivity contribution >= 4 is 63.3 Å². The molecule has 2 saturated heterocycles. The third-order valence-corrected chi connectivity index (χ3v) is 9.83. The molecule has 0 spiro atoms. The van der Waals surface area contributed by atoms with E-state index in [0.29, 0.717) is 34.3 Å². The van der Waals surface area contributed by atoms with E-state index >= 15 is 0 Å². The quantitative estimate of drug-likeness (QED) is 0.128. The van der Waals surface area contributed by atoms with E-state index in [0.717, 1.165) is 75.6 Å². The standard InChI is InChI=1S/C32H42N12O3S/c1-6-21-19-25(31(47-4)39-30(21)43-13-9-22(10-14-43)42-17-15-40(2)16-18-42)37-32-35-20-26(44(45)46)29(38-32)36-24-8-7-23-27(34-12-11-33-23)28(24)41(3)48-5/h7-8,11-12,19-20,22H,6,9-10,13-18H2,1-5H3,(H2,35,36,37,38). The van der Waals surface area contributed by atoms with Crippen LogP contribution in [0.3, 0.4) is 0 Å². The summed E-state index contributed by atoms with van der Waals surface area (Å²) in [5, 5.41) is 18.4. The van der Waals surface area contributed by atoms with Crippen molar-refractivity contribution in [2.75, 3.05) is 86.6 Å². The maximum absolute atomic E-state index is 12.1. The Morgan fingerprint density at radius 3 is 2.48 bits per heavy atom. The molecule has 1 aromatic carbocycles. The van der Waals surface area contributed by atoms with Gasteiger partial charge in [0.05, 0.1) is 28.9 Å². The molecule has 5 heterocycles. The summed E-state index contributed by atoms with van der Waals surface area (Å²) >= 11 is 1.48. The number of nitrogens with one attached hydrogen (secondary N) is 2. The molecule has 0 atom stereocenters. The van der Waals surface area contributed by atoms with Gasteiger partial charge < -0.3 is 29.5 Å². The molecule has 2 N–H and O–H groups in total. The molecular formula is C32H42N12O3S. The maximum atomic E-state index is 12.1. The van der Waals surface area contributed by atoms with Gasteiger partial charge in [-0.3, -0.25) is 25.0 Å². The number of benzene rings is 1. The first-order chi connectivity index (χ1) is 23.3.